The van der Waals surface area contributed by atoms with Crippen LogP contribution in [0.4, 0.5) is 0 Å². The quantitative estimate of drug-likeness (QED) is 0.668. The molecule has 2 aliphatic rings. The van der Waals surface area contributed by atoms with Gasteiger partial charge in [-0.1, -0.05) is 0 Å². The number of hydrogen-bond donors (Lipinski definition) is 1. The largest absolute Gasteiger partial charge is 0.465 e. The standard InChI is InChI=1S/C10H17NO3/c1-2-13-9(12)8-7-14-10(11-8)5-3-4-6-10/h8,11H,2-7H2,1H3. The molecule has 80 valence electrons. The lowest BCUT2D eigenvalue weighted by Gasteiger charge is -2.22. The van der Waals surface area contributed by atoms with Crippen molar-refractivity contribution in [1.82, 2.24) is 5.32 Å². The van der Waals surface area contributed by atoms with Crippen LogP contribution in [-0.2, 0) is 14.3 Å². The summed E-state index contributed by atoms with van der Waals surface area (Å²) in [5.41, 5.74) is -0.211. The molecule has 0 radical (unpaired) electrons. The van der Waals surface area contributed by atoms with Gasteiger partial charge in [-0.3, -0.25) is 10.1 Å². The first-order valence-corrected chi connectivity index (χ1v) is 5.34. The third-order valence-corrected chi connectivity index (χ3v) is 2.95. The van der Waals surface area contributed by atoms with Crippen LogP contribution in [0.15, 0.2) is 0 Å². The minimum Gasteiger partial charge on any atom is -0.465 e. The van der Waals surface area contributed by atoms with E-state index in [9.17, 15) is 4.79 Å². The van der Waals surface area contributed by atoms with E-state index in [1.807, 2.05) is 6.92 Å². The summed E-state index contributed by atoms with van der Waals surface area (Å²) in [4.78, 5) is 11.4. The van der Waals surface area contributed by atoms with Gasteiger partial charge in [0.05, 0.1) is 13.2 Å². The predicted octanol–water partition coefficient (Wildman–Crippen LogP) is 0.808. The SMILES string of the molecule is CCOC(=O)C1COC2(CCCC2)N1. The number of esters is 1. The molecule has 1 aliphatic heterocycles. The van der Waals surface area contributed by atoms with Crippen LogP contribution >= 0.6 is 0 Å². The van der Waals surface area contributed by atoms with E-state index in [4.69, 9.17) is 9.47 Å². The first-order valence-electron chi connectivity index (χ1n) is 5.34. The molecule has 4 heteroatoms. The van der Waals surface area contributed by atoms with Crippen molar-refractivity contribution in [2.75, 3.05) is 13.2 Å². The molecule has 1 saturated carbocycles. The van der Waals surface area contributed by atoms with E-state index in [2.05, 4.69) is 5.32 Å². The second kappa shape index (κ2) is 3.87. The monoisotopic (exact) mass is 199 g/mol. The molecule has 1 heterocycles. The van der Waals surface area contributed by atoms with Gasteiger partial charge in [-0.15, -0.1) is 0 Å². The Morgan fingerprint density at radius 3 is 2.93 bits per heavy atom. The molecule has 1 spiro atoms. The van der Waals surface area contributed by atoms with Crippen LogP contribution < -0.4 is 5.32 Å². The molecular weight excluding hydrogens is 182 g/mol. The van der Waals surface area contributed by atoms with Gasteiger partial charge in [0.1, 0.15) is 11.8 Å². The summed E-state index contributed by atoms with van der Waals surface area (Å²) in [6.45, 7) is 2.71. The molecule has 14 heavy (non-hydrogen) atoms. The molecular formula is C10H17NO3. The Kier molecular flexibility index (Phi) is 2.74. The lowest BCUT2D eigenvalue weighted by Crippen LogP contribution is -2.45. The minimum absolute atomic E-state index is 0.184. The first-order chi connectivity index (χ1) is 6.76. The molecule has 1 N–H and O–H groups in total. The minimum atomic E-state index is -0.256. The molecule has 4 nitrogen and oxygen atoms in total. The average Bonchev–Trinajstić information content (AvgIpc) is 2.78. The normalized spacial score (nSPS) is 29.6. The number of carbonyl (C=O) groups excluding carboxylic acids is 1. The van der Waals surface area contributed by atoms with E-state index in [1.165, 1.54) is 12.8 Å². The van der Waals surface area contributed by atoms with Crippen LogP contribution in [-0.4, -0.2) is 30.9 Å². The molecule has 0 aromatic rings. The summed E-state index contributed by atoms with van der Waals surface area (Å²) in [6.07, 6.45) is 4.40. The third kappa shape index (κ3) is 1.77. The summed E-state index contributed by atoms with van der Waals surface area (Å²) in [5.74, 6) is -0.184. The third-order valence-electron chi connectivity index (χ3n) is 2.95. The fourth-order valence-electron chi connectivity index (χ4n) is 2.25. The van der Waals surface area contributed by atoms with Crippen LogP contribution in [0.2, 0.25) is 0 Å². The van der Waals surface area contributed by atoms with Crippen LogP contribution in [0, 0.1) is 0 Å². The molecule has 1 saturated heterocycles. The van der Waals surface area contributed by atoms with Gasteiger partial charge in [-0.2, -0.15) is 0 Å². The molecule has 0 aromatic carbocycles. The van der Waals surface area contributed by atoms with Crippen molar-refractivity contribution in [2.24, 2.45) is 0 Å². The van der Waals surface area contributed by atoms with Crippen molar-refractivity contribution in [3.8, 4) is 0 Å². The number of nitrogens with one attached hydrogen (secondary N) is 1. The van der Waals surface area contributed by atoms with E-state index >= 15 is 0 Å². The topological polar surface area (TPSA) is 47.6 Å². The number of hydrogen-bond acceptors (Lipinski definition) is 4. The fourth-order valence-corrected chi connectivity index (χ4v) is 2.25. The summed E-state index contributed by atoms with van der Waals surface area (Å²) in [7, 11) is 0. The van der Waals surface area contributed by atoms with E-state index in [-0.39, 0.29) is 17.7 Å². The molecule has 1 aliphatic carbocycles. The van der Waals surface area contributed by atoms with Crippen molar-refractivity contribution < 1.29 is 14.3 Å². The second-order valence-electron chi connectivity index (χ2n) is 3.96. The Hall–Kier alpha value is -0.610. The van der Waals surface area contributed by atoms with Gasteiger partial charge >= 0.3 is 5.97 Å². The maximum Gasteiger partial charge on any atom is 0.325 e. The van der Waals surface area contributed by atoms with E-state index < -0.39 is 0 Å². The summed E-state index contributed by atoms with van der Waals surface area (Å²) in [5, 5.41) is 3.25. The van der Waals surface area contributed by atoms with Gasteiger partial charge in [0.2, 0.25) is 0 Å². The van der Waals surface area contributed by atoms with Crippen LogP contribution in [0.3, 0.4) is 0 Å². The number of ether oxygens (including phenoxy) is 2. The van der Waals surface area contributed by atoms with E-state index in [0.717, 1.165) is 12.8 Å². The van der Waals surface area contributed by atoms with Gasteiger partial charge in [0.25, 0.3) is 0 Å². The van der Waals surface area contributed by atoms with Crippen LogP contribution in [0.5, 0.6) is 0 Å². The fraction of sp³-hybridized carbons (Fsp3) is 0.900. The second-order valence-corrected chi connectivity index (χ2v) is 3.96. The molecule has 0 aromatic heterocycles. The zero-order valence-corrected chi connectivity index (χ0v) is 8.54. The van der Waals surface area contributed by atoms with Crippen molar-refractivity contribution in [1.29, 1.82) is 0 Å². The Balaban J connectivity index is 1.90. The molecule has 2 rings (SSSR count). The Morgan fingerprint density at radius 2 is 2.29 bits per heavy atom. The highest BCUT2D eigenvalue weighted by Gasteiger charge is 2.44. The Labute approximate surface area is 84.0 Å². The van der Waals surface area contributed by atoms with Crippen molar-refractivity contribution in [3.05, 3.63) is 0 Å². The summed E-state index contributed by atoms with van der Waals surface area (Å²) >= 11 is 0. The predicted molar refractivity (Wildman–Crippen MR) is 50.7 cm³/mol. The molecule has 0 amide bonds. The van der Waals surface area contributed by atoms with Gasteiger partial charge in [0, 0.05) is 0 Å². The van der Waals surface area contributed by atoms with E-state index in [1.54, 1.807) is 0 Å². The van der Waals surface area contributed by atoms with Crippen molar-refractivity contribution in [3.63, 3.8) is 0 Å². The van der Waals surface area contributed by atoms with Gasteiger partial charge in [0.15, 0.2) is 0 Å². The maximum absolute atomic E-state index is 11.4. The van der Waals surface area contributed by atoms with Crippen molar-refractivity contribution >= 4 is 5.97 Å². The van der Waals surface area contributed by atoms with Crippen molar-refractivity contribution in [2.45, 2.75) is 44.4 Å². The summed E-state index contributed by atoms with van der Waals surface area (Å²) < 4.78 is 10.6. The zero-order chi connectivity index (χ0) is 10.0. The Morgan fingerprint density at radius 1 is 1.57 bits per heavy atom. The Bertz CT molecular complexity index is 223. The van der Waals surface area contributed by atoms with Gasteiger partial charge in [-0.05, 0) is 32.6 Å². The highest BCUT2D eigenvalue weighted by Crippen LogP contribution is 2.34. The lowest BCUT2D eigenvalue weighted by atomic mass is 10.2. The van der Waals surface area contributed by atoms with Gasteiger partial charge < -0.3 is 9.47 Å². The molecule has 1 unspecified atom stereocenters. The maximum atomic E-state index is 11.4. The highest BCUT2D eigenvalue weighted by molar-refractivity contribution is 5.76. The van der Waals surface area contributed by atoms with Crippen LogP contribution in [0.1, 0.15) is 32.6 Å². The smallest absolute Gasteiger partial charge is 0.325 e. The molecule has 0 bridgehead atoms. The average molecular weight is 199 g/mol. The van der Waals surface area contributed by atoms with Crippen LogP contribution in [0.25, 0.3) is 0 Å². The highest BCUT2D eigenvalue weighted by atomic mass is 16.6. The zero-order valence-electron chi connectivity index (χ0n) is 8.54. The first kappa shape index (κ1) is 9.93. The summed E-state index contributed by atoms with van der Waals surface area (Å²) in [6, 6.07) is -0.256. The van der Waals surface area contributed by atoms with Gasteiger partial charge in [-0.25, -0.2) is 0 Å². The molecule has 1 atom stereocenters. The van der Waals surface area contributed by atoms with E-state index in [0.29, 0.717) is 13.2 Å². The number of carbonyl (C=O) groups is 1. The molecule has 2 fully saturated rings. The lowest BCUT2D eigenvalue weighted by molar-refractivity contribution is -0.145. The number of rotatable bonds is 2.